The molecule has 0 atom stereocenters. The molecule has 2 heterocycles. The fourth-order valence-corrected chi connectivity index (χ4v) is 3.23. The van der Waals surface area contributed by atoms with Crippen molar-refractivity contribution >= 4 is 33.5 Å². The first-order chi connectivity index (χ1) is 9.20. The Hall–Kier alpha value is -1.35. The van der Waals surface area contributed by atoms with Crippen molar-refractivity contribution in [3.63, 3.8) is 0 Å². The third kappa shape index (κ3) is 2.39. The minimum absolute atomic E-state index is 0.163. The van der Waals surface area contributed by atoms with E-state index in [2.05, 4.69) is 41.4 Å². The zero-order valence-electron chi connectivity index (χ0n) is 10.1. The number of anilines is 1. The second kappa shape index (κ2) is 4.97. The molecule has 0 aromatic carbocycles. The van der Waals surface area contributed by atoms with E-state index in [9.17, 15) is 4.79 Å². The highest BCUT2D eigenvalue weighted by Crippen LogP contribution is 2.39. The highest BCUT2D eigenvalue weighted by molar-refractivity contribution is 9.10. The molecule has 1 aliphatic carbocycles. The number of aromatic nitrogens is 5. The van der Waals surface area contributed by atoms with Crippen molar-refractivity contribution in [2.45, 2.75) is 29.1 Å². The van der Waals surface area contributed by atoms with Crippen LogP contribution in [0.25, 0.3) is 0 Å². The molecule has 1 saturated carbocycles. The Kier molecular flexibility index (Phi) is 3.31. The van der Waals surface area contributed by atoms with E-state index >= 15 is 0 Å². The van der Waals surface area contributed by atoms with Gasteiger partial charge in [0.15, 0.2) is 5.16 Å². The van der Waals surface area contributed by atoms with Crippen molar-refractivity contribution in [3.8, 4) is 0 Å². The van der Waals surface area contributed by atoms with Crippen molar-refractivity contribution < 1.29 is 0 Å². The fraction of sp³-hybridized carbons (Fsp3) is 0.400. The molecule has 2 N–H and O–H groups in total. The quantitative estimate of drug-likeness (QED) is 0.821. The second-order valence-corrected chi connectivity index (χ2v) is 5.85. The summed E-state index contributed by atoms with van der Waals surface area (Å²) in [4.78, 5) is 20.0. The highest BCUT2D eigenvalue weighted by atomic mass is 79.9. The molecule has 19 heavy (non-hydrogen) atoms. The summed E-state index contributed by atoms with van der Waals surface area (Å²) in [5.41, 5.74) is -0.163. The van der Waals surface area contributed by atoms with Crippen LogP contribution < -0.4 is 11.0 Å². The van der Waals surface area contributed by atoms with Crippen LogP contribution in [0.15, 0.2) is 25.8 Å². The number of nitrogens with one attached hydrogen (secondary N) is 2. The average molecular weight is 343 g/mol. The zero-order chi connectivity index (χ0) is 13.4. The lowest BCUT2D eigenvalue weighted by Crippen LogP contribution is -2.16. The Morgan fingerprint density at radius 1 is 1.53 bits per heavy atom. The van der Waals surface area contributed by atoms with E-state index < -0.39 is 0 Å². The van der Waals surface area contributed by atoms with Crippen molar-refractivity contribution in [1.29, 1.82) is 0 Å². The Labute approximate surface area is 121 Å². The lowest BCUT2D eigenvalue weighted by atomic mass is 10.6. The molecule has 0 radical (unpaired) electrons. The molecule has 0 saturated heterocycles. The summed E-state index contributed by atoms with van der Waals surface area (Å²) in [7, 11) is 1.79. The third-order valence-corrected chi connectivity index (χ3v) is 4.75. The second-order valence-electron chi connectivity index (χ2n) is 4.11. The summed E-state index contributed by atoms with van der Waals surface area (Å²) < 4.78 is 2.46. The predicted molar refractivity (Wildman–Crippen MR) is 74.5 cm³/mol. The van der Waals surface area contributed by atoms with Gasteiger partial charge in [-0.25, -0.2) is 19.9 Å². The molecule has 2 aromatic rings. The van der Waals surface area contributed by atoms with E-state index in [-0.39, 0.29) is 11.7 Å². The molecular weight excluding hydrogens is 332 g/mol. The lowest BCUT2D eigenvalue weighted by Gasteiger charge is -2.07. The maximum absolute atomic E-state index is 11.7. The molecule has 0 amide bonds. The van der Waals surface area contributed by atoms with Crippen LogP contribution in [-0.4, -0.2) is 31.8 Å². The number of rotatable bonds is 4. The number of halogens is 1. The topological polar surface area (TPSA) is 88.5 Å². The van der Waals surface area contributed by atoms with Gasteiger partial charge in [-0.05, 0) is 40.5 Å². The smallest absolute Gasteiger partial charge is 0.344 e. The van der Waals surface area contributed by atoms with Gasteiger partial charge >= 0.3 is 5.69 Å². The molecule has 1 aliphatic rings. The SMILES string of the molecule is CNc1ncnc(Sc2n[nH]c(=O)n2C2CC2)c1Br. The number of H-pyrrole nitrogens is 1. The molecule has 0 spiro atoms. The number of nitrogens with zero attached hydrogens (tertiary/aromatic N) is 4. The Balaban J connectivity index is 1.95. The predicted octanol–water partition coefficient (Wildman–Crippen LogP) is 1.65. The number of hydrogen-bond acceptors (Lipinski definition) is 6. The van der Waals surface area contributed by atoms with Gasteiger partial charge in [0.05, 0.1) is 4.47 Å². The summed E-state index contributed by atoms with van der Waals surface area (Å²) >= 11 is 4.79. The van der Waals surface area contributed by atoms with E-state index in [0.29, 0.717) is 11.0 Å². The summed E-state index contributed by atoms with van der Waals surface area (Å²) in [6.07, 6.45) is 3.53. The monoisotopic (exact) mass is 342 g/mol. The van der Waals surface area contributed by atoms with Crippen LogP contribution in [0.2, 0.25) is 0 Å². The molecule has 1 fully saturated rings. The number of aromatic amines is 1. The first-order valence-electron chi connectivity index (χ1n) is 5.73. The summed E-state index contributed by atoms with van der Waals surface area (Å²) in [5, 5.41) is 10.9. The van der Waals surface area contributed by atoms with Gasteiger partial charge in [0.1, 0.15) is 17.2 Å². The van der Waals surface area contributed by atoms with Gasteiger partial charge in [0, 0.05) is 13.1 Å². The van der Waals surface area contributed by atoms with Crippen LogP contribution in [0.1, 0.15) is 18.9 Å². The van der Waals surface area contributed by atoms with Crippen LogP contribution in [0.4, 0.5) is 5.82 Å². The summed E-state index contributed by atoms with van der Waals surface area (Å²) in [6, 6.07) is 0.276. The maximum Gasteiger partial charge on any atom is 0.344 e. The van der Waals surface area contributed by atoms with Crippen LogP contribution in [-0.2, 0) is 0 Å². The molecule has 7 nitrogen and oxygen atoms in total. The molecule has 9 heteroatoms. The molecule has 3 rings (SSSR count). The summed E-state index contributed by atoms with van der Waals surface area (Å²) in [5.74, 6) is 0.702. The lowest BCUT2D eigenvalue weighted by molar-refractivity contribution is 0.642. The average Bonchev–Trinajstić information content (AvgIpc) is 3.17. The van der Waals surface area contributed by atoms with Gasteiger partial charge in [-0.2, -0.15) is 0 Å². The summed E-state index contributed by atoms with van der Waals surface area (Å²) in [6.45, 7) is 0. The van der Waals surface area contributed by atoms with Crippen LogP contribution >= 0.6 is 27.7 Å². The van der Waals surface area contributed by atoms with Crippen LogP contribution in [0, 0.1) is 0 Å². The standard InChI is InChI=1S/C10H11BrN6OS/c1-12-7-6(11)8(14-4-13-7)19-10-16-15-9(18)17(10)5-2-3-5/h4-5H,2-3H2,1H3,(H,15,18)(H,12,13,14). The Morgan fingerprint density at radius 3 is 3.00 bits per heavy atom. The first kappa shape index (κ1) is 12.7. The van der Waals surface area contributed by atoms with Crippen molar-refractivity contribution in [1.82, 2.24) is 24.7 Å². The van der Waals surface area contributed by atoms with Crippen molar-refractivity contribution in [2.75, 3.05) is 12.4 Å². The molecule has 0 bridgehead atoms. The normalized spacial score (nSPS) is 14.6. The van der Waals surface area contributed by atoms with Gasteiger partial charge in [-0.3, -0.25) is 4.57 Å². The highest BCUT2D eigenvalue weighted by Gasteiger charge is 2.29. The molecular formula is C10H11BrN6OS. The van der Waals surface area contributed by atoms with E-state index in [1.165, 1.54) is 18.1 Å². The van der Waals surface area contributed by atoms with E-state index in [1.807, 2.05) is 0 Å². The van der Waals surface area contributed by atoms with Crippen molar-refractivity contribution in [2.24, 2.45) is 0 Å². The zero-order valence-corrected chi connectivity index (χ0v) is 12.5. The van der Waals surface area contributed by atoms with E-state index in [4.69, 9.17) is 0 Å². The Bertz CT molecular complexity index is 664. The largest absolute Gasteiger partial charge is 0.372 e. The van der Waals surface area contributed by atoms with Gasteiger partial charge in [0.2, 0.25) is 0 Å². The molecule has 0 aliphatic heterocycles. The minimum Gasteiger partial charge on any atom is -0.372 e. The Morgan fingerprint density at radius 2 is 2.32 bits per heavy atom. The minimum atomic E-state index is -0.163. The van der Waals surface area contributed by atoms with Gasteiger partial charge < -0.3 is 5.32 Å². The van der Waals surface area contributed by atoms with Gasteiger partial charge in [-0.1, -0.05) is 0 Å². The first-order valence-corrected chi connectivity index (χ1v) is 7.34. The number of hydrogen-bond donors (Lipinski definition) is 2. The van der Waals surface area contributed by atoms with Crippen molar-refractivity contribution in [3.05, 3.63) is 21.3 Å². The van der Waals surface area contributed by atoms with Crippen LogP contribution in [0.3, 0.4) is 0 Å². The van der Waals surface area contributed by atoms with E-state index in [0.717, 1.165) is 22.3 Å². The van der Waals surface area contributed by atoms with Gasteiger partial charge in [0.25, 0.3) is 0 Å². The maximum atomic E-state index is 11.7. The molecule has 0 unspecified atom stereocenters. The molecule has 100 valence electrons. The third-order valence-electron chi connectivity index (χ3n) is 2.77. The van der Waals surface area contributed by atoms with Gasteiger partial charge in [-0.15, -0.1) is 5.10 Å². The van der Waals surface area contributed by atoms with Crippen LogP contribution in [0.5, 0.6) is 0 Å². The molecule has 2 aromatic heterocycles. The van der Waals surface area contributed by atoms with E-state index in [1.54, 1.807) is 11.6 Å². The fourth-order valence-electron chi connectivity index (χ4n) is 1.70.